The van der Waals surface area contributed by atoms with Crippen molar-refractivity contribution in [3.8, 4) is 0 Å². The molecule has 2 nitrogen and oxygen atoms in total. The van der Waals surface area contributed by atoms with Crippen LogP contribution in [0.15, 0.2) is 11.6 Å². The van der Waals surface area contributed by atoms with Gasteiger partial charge in [0, 0.05) is 11.8 Å². The second kappa shape index (κ2) is 3.85. The monoisotopic (exact) mass is 264 g/mol. The summed E-state index contributed by atoms with van der Waals surface area (Å²) < 4.78 is 0.739. The zero-order valence-corrected chi connectivity index (χ0v) is 13.5. The fourth-order valence-electron chi connectivity index (χ4n) is 5.60. The first-order valence-electron chi connectivity index (χ1n) is 7.88. The van der Waals surface area contributed by atoms with Crippen LogP contribution in [0.3, 0.4) is 0 Å². The van der Waals surface area contributed by atoms with Gasteiger partial charge in [-0.15, -0.1) is 0 Å². The normalized spacial score (nSPS) is 47.3. The third kappa shape index (κ3) is 1.83. The number of hydrogen-bond acceptors (Lipinski definition) is 1. The molecular formula is C17H30NO+. The zero-order valence-electron chi connectivity index (χ0n) is 13.5. The lowest BCUT2D eigenvalue weighted by molar-refractivity contribution is -1.09. The molecule has 0 unspecified atom stereocenters. The number of hydrogen-bond donors (Lipinski definition) is 0. The molecule has 0 aromatic rings. The van der Waals surface area contributed by atoms with Crippen molar-refractivity contribution in [2.75, 3.05) is 14.1 Å². The van der Waals surface area contributed by atoms with Crippen molar-refractivity contribution in [2.45, 2.75) is 65.0 Å². The number of nitrogens with zero attached hydrogens (tertiary/aromatic N) is 1. The summed E-state index contributed by atoms with van der Waals surface area (Å²) in [6.07, 6.45) is 7.82. The summed E-state index contributed by atoms with van der Waals surface area (Å²) in [7, 11) is 4.53. The minimum atomic E-state index is 0.0211. The van der Waals surface area contributed by atoms with E-state index < -0.39 is 0 Å². The maximum Gasteiger partial charge on any atom is 0.131 e. The maximum atomic E-state index is 6.44. The highest BCUT2D eigenvalue weighted by atomic mass is 16.7. The molecule has 0 N–H and O–H groups in total. The number of quaternary nitrogens is 1. The molecule has 0 spiro atoms. The molecule has 0 aromatic heterocycles. The van der Waals surface area contributed by atoms with Gasteiger partial charge >= 0.3 is 0 Å². The van der Waals surface area contributed by atoms with Gasteiger partial charge in [-0.25, -0.2) is 0 Å². The summed E-state index contributed by atoms with van der Waals surface area (Å²) in [6.45, 7) is 9.47. The smallest absolute Gasteiger partial charge is 0.131 e. The maximum absolute atomic E-state index is 6.44. The first-order chi connectivity index (χ1) is 8.67. The average Bonchev–Trinajstić information content (AvgIpc) is 2.43. The largest absolute Gasteiger partial charge is 0.197 e. The quantitative estimate of drug-likeness (QED) is 0.476. The van der Waals surface area contributed by atoms with Crippen LogP contribution in [-0.4, -0.2) is 30.4 Å². The van der Waals surface area contributed by atoms with E-state index in [4.69, 9.17) is 4.84 Å². The Labute approximate surface area is 118 Å². The van der Waals surface area contributed by atoms with Crippen LogP contribution in [0.1, 0.15) is 53.4 Å². The van der Waals surface area contributed by atoms with Crippen LogP contribution >= 0.6 is 0 Å². The highest BCUT2D eigenvalue weighted by Crippen LogP contribution is 2.59. The highest BCUT2D eigenvalue weighted by Gasteiger charge is 2.64. The van der Waals surface area contributed by atoms with Crippen LogP contribution in [-0.2, 0) is 4.84 Å². The summed E-state index contributed by atoms with van der Waals surface area (Å²) in [5, 5.41) is 0. The summed E-state index contributed by atoms with van der Waals surface area (Å²) in [6, 6.07) is 0.630. The van der Waals surface area contributed by atoms with Gasteiger partial charge in [-0.3, -0.25) is 0 Å². The van der Waals surface area contributed by atoms with Gasteiger partial charge in [0.05, 0.1) is 14.1 Å². The van der Waals surface area contributed by atoms with Crippen molar-refractivity contribution in [2.24, 2.45) is 17.3 Å². The minimum absolute atomic E-state index is 0.0211. The Bertz CT molecular complexity index is 423. The first kappa shape index (κ1) is 13.6. The Morgan fingerprint density at radius 1 is 1.21 bits per heavy atom. The van der Waals surface area contributed by atoms with Crippen molar-refractivity contribution in [3.63, 3.8) is 0 Å². The second-order valence-corrected chi connectivity index (χ2v) is 8.38. The third-order valence-electron chi connectivity index (χ3n) is 6.28. The van der Waals surface area contributed by atoms with E-state index in [0.717, 1.165) is 4.65 Å². The number of hydroxylamine groups is 3. The van der Waals surface area contributed by atoms with Crippen LogP contribution in [0.5, 0.6) is 0 Å². The van der Waals surface area contributed by atoms with Gasteiger partial charge in [-0.2, -0.15) is 9.48 Å². The van der Waals surface area contributed by atoms with E-state index >= 15 is 0 Å². The van der Waals surface area contributed by atoms with E-state index in [1.165, 1.54) is 25.7 Å². The molecule has 19 heavy (non-hydrogen) atoms. The molecule has 3 rings (SSSR count). The molecular weight excluding hydrogens is 234 g/mol. The van der Waals surface area contributed by atoms with Gasteiger partial charge in [0.1, 0.15) is 11.6 Å². The highest BCUT2D eigenvalue weighted by molar-refractivity contribution is 5.19. The topological polar surface area (TPSA) is 9.23 Å². The predicted molar refractivity (Wildman–Crippen MR) is 78.4 cm³/mol. The molecule has 3 aliphatic rings. The van der Waals surface area contributed by atoms with E-state index in [0.29, 0.717) is 23.3 Å². The molecule has 0 amide bonds. The van der Waals surface area contributed by atoms with Gasteiger partial charge < -0.3 is 0 Å². The number of rotatable bonds is 0. The lowest BCUT2D eigenvalue weighted by atomic mass is 9.54. The Morgan fingerprint density at radius 3 is 2.58 bits per heavy atom. The van der Waals surface area contributed by atoms with E-state index in [1.54, 1.807) is 5.57 Å². The lowest BCUT2D eigenvalue weighted by Gasteiger charge is -2.51. The molecule has 0 aromatic carbocycles. The van der Waals surface area contributed by atoms with E-state index in [2.05, 4.69) is 47.9 Å². The molecule has 4 atom stereocenters. The number of allylic oxidation sites excluding steroid dienone is 1. The summed E-state index contributed by atoms with van der Waals surface area (Å²) >= 11 is 0. The minimum Gasteiger partial charge on any atom is -0.197 e. The predicted octanol–water partition coefficient (Wildman–Crippen LogP) is 3.93. The molecule has 1 saturated carbocycles. The SMILES string of the molecule is CC1=CCC[C@]2(C)CC[C@H]3[C@H]([C@H]12)[N+](C)(C)OC3(C)C. The Kier molecular flexibility index (Phi) is 2.77. The molecule has 0 bridgehead atoms. The molecule has 2 aliphatic carbocycles. The van der Waals surface area contributed by atoms with Gasteiger partial charge in [0.15, 0.2) is 0 Å². The standard InChI is InChI=1S/C17H30NO/c1-12-8-7-10-17(4)11-9-13-15(14(12)17)18(5,6)19-16(13,2)3/h8,13-15H,7,9-11H2,1-6H3/q+1/t13-,14-,15+,17+/m0/s1. The molecule has 1 saturated heterocycles. The van der Waals surface area contributed by atoms with E-state index in [1.807, 2.05) is 0 Å². The van der Waals surface area contributed by atoms with Crippen molar-refractivity contribution in [1.29, 1.82) is 0 Å². The summed E-state index contributed by atoms with van der Waals surface area (Å²) in [5.41, 5.74) is 2.14. The fourth-order valence-corrected chi connectivity index (χ4v) is 5.60. The van der Waals surface area contributed by atoms with Crippen molar-refractivity contribution >= 4 is 0 Å². The van der Waals surface area contributed by atoms with Gasteiger partial charge in [0.25, 0.3) is 0 Å². The van der Waals surface area contributed by atoms with Crippen LogP contribution < -0.4 is 0 Å². The fraction of sp³-hybridized carbons (Fsp3) is 0.882. The third-order valence-corrected chi connectivity index (χ3v) is 6.28. The zero-order chi connectivity index (χ0) is 14.1. The molecule has 2 fully saturated rings. The van der Waals surface area contributed by atoms with Crippen LogP contribution in [0.2, 0.25) is 0 Å². The van der Waals surface area contributed by atoms with Crippen molar-refractivity contribution in [3.05, 3.63) is 11.6 Å². The second-order valence-electron chi connectivity index (χ2n) is 8.38. The molecule has 1 heterocycles. The van der Waals surface area contributed by atoms with Gasteiger partial charge in [-0.1, -0.05) is 18.6 Å². The van der Waals surface area contributed by atoms with Crippen molar-refractivity contribution in [1.82, 2.24) is 0 Å². The Hall–Kier alpha value is -0.340. The summed E-state index contributed by atoms with van der Waals surface area (Å²) in [5.74, 6) is 1.40. The summed E-state index contributed by atoms with van der Waals surface area (Å²) in [4.78, 5) is 6.44. The number of fused-ring (bicyclic) bond motifs is 3. The van der Waals surface area contributed by atoms with E-state index in [9.17, 15) is 0 Å². The van der Waals surface area contributed by atoms with Crippen LogP contribution in [0, 0.1) is 17.3 Å². The molecule has 2 heteroatoms. The van der Waals surface area contributed by atoms with Gasteiger partial charge in [0.2, 0.25) is 0 Å². The molecule has 0 radical (unpaired) electrons. The average molecular weight is 264 g/mol. The molecule has 108 valence electrons. The lowest BCUT2D eigenvalue weighted by Crippen LogP contribution is -2.57. The Balaban J connectivity index is 2.07. The van der Waals surface area contributed by atoms with Gasteiger partial charge in [-0.05, 0) is 51.9 Å². The molecule has 1 aliphatic heterocycles. The Morgan fingerprint density at radius 2 is 1.89 bits per heavy atom. The van der Waals surface area contributed by atoms with E-state index in [-0.39, 0.29) is 5.60 Å². The van der Waals surface area contributed by atoms with Crippen LogP contribution in [0.25, 0.3) is 0 Å². The first-order valence-corrected chi connectivity index (χ1v) is 7.88. The van der Waals surface area contributed by atoms with Crippen LogP contribution in [0.4, 0.5) is 0 Å². The van der Waals surface area contributed by atoms with Crippen molar-refractivity contribution < 1.29 is 9.48 Å².